The average Bonchev–Trinajstić information content (AvgIpc) is 2.82. The van der Waals surface area contributed by atoms with E-state index in [4.69, 9.17) is 5.73 Å². The molecular weight excluding hydrogens is 335 g/mol. The summed E-state index contributed by atoms with van der Waals surface area (Å²) in [6.07, 6.45) is 4.09. The van der Waals surface area contributed by atoms with Crippen molar-refractivity contribution in [3.63, 3.8) is 0 Å². The van der Waals surface area contributed by atoms with Crippen molar-refractivity contribution in [2.24, 2.45) is 5.73 Å². The van der Waals surface area contributed by atoms with Gasteiger partial charge in [0.1, 0.15) is 0 Å². The Morgan fingerprint density at radius 3 is 3.00 bits per heavy atom. The molecule has 3 heteroatoms. The molecule has 0 amide bonds. The summed E-state index contributed by atoms with van der Waals surface area (Å²) in [6, 6.07) is 12.7. The van der Waals surface area contributed by atoms with E-state index >= 15 is 0 Å². The highest BCUT2D eigenvalue weighted by Gasteiger charge is 2.29. The second-order valence-corrected chi connectivity index (χ2v) is 6.02. The molecule has 2 unspecified atom stereocenters. The van der Waals surface area contributed by atoms with Crippen molar-refractivity contribution >= 4 is 22.6 Å². The lowest BCUT2D eigenvalue weighted by Crippen LogP contribution is -2.19. The van der Waals surface area contributed by atoms with E-state index in [0.29, 0.717) is 5.92 Å². The predicted octanol–water partition coefficient (Wildman–Crippen LogP) is 3.42. The SMILES string of the molecule is NC(c1cccc(I)c1)C1CCc2cccnc21. The molecule has 92 valence electrons. The van der Waals surface area contributed by atoms with E-state index in [2.05, 4.69) is 57.9 Å². The Morgan fingerprint density at radius 2 is 2.17 bits per heavy atom. The maximum atomic E-state index is 6.44. The Labute approximate surface area is 121 Å². The van der Waals surface area contributed by atoms with Crippen LogP contribution in [0.15, 0.2) is 42.6 Å². The molecule has 0 saturated carbocycles. The standard InChI is InChI=1S/C15H15IN2/c16-12-5-1-3-11(9-12)14(17)13-7-6-10-4-2-8-18-15(10)13/h1-5,8-9,13-14H,6-7,17H2. The van der Waals surface area contributed by atoms with Crippen molar-refractivity contribution in [3.05, 3.63) is 63.0 Å². The van der Waals surface area contributed by atoms with Crippen LogP contribution in [0.3, 0.4) is 0 Å². The zero-order valence-corrected chi connectivity index (χ0v) is 12.2. The summed E-state index contributed by atoms with van der Waals surface area (Å²) in [7, 11) is 0. The average molecular weight is 350 g/mol. The number of fused-ring (bicyclic) bond motifs is 1. The number of aromatic nitrogens is 1. The molecule has 0 radical (unpaired) electrons. The molecule has 3 rings (SSSR count). The number of nitrogens with zero attached hydrogens (tertiary/aromatic N) is 1. The fourth-order valence-corrected chi connectivity index (χ4v) is 3.31. The number of rotatable bonds is 2. The Hall–Kier alpha value is -0.940. The largest absolute Gasteiger partial charge is 0.323 e. The molecule has 1 aromatic carbocycles. The Kier molecular flexibility index (Phi) is 3.35. The van der Waals surface area contributed by atoms with Gasteiger partial charge >= 0.3 is 0 Å². The van der Waals surface area contributed by atoms with E-state index in [-0.39, 0.29) is 6.04 Å². The first-order valence-corrected chi connectivity index (χ1v) is 7.28. The summed E-state index contributed by atoms with van der Waals surface area (Å²) in [5.74, 6) is 0.361. The van der Waals surface area contributed by atoms with Gasteiger partial charge in [-0.2, -0.15) is 0 Å². The molecule has 1 aromatic heterocycles. The van der Waals surface area contributed by atoms with E-state index in [0.717, 1.165) is 12.8 Å². The summed E-state index contributed by atoms with van der Waals surface area (Å²) in [4.78, 5) is 4.53. The van der Waals surface area contributed by atoms with Crippen LogP contribution in [0.1, 0.15) is 35.2 Å². The Morgan fingerprint density at radius 1 is 1.28 bits per heavy atom. The summed E-state index contributed by atoms with van der Waals surface area (Å²) in [5, 5.41) is 0. The van der Waals surface area contributed by atoms with Crippen molar-refractivity contribution < 1.29 is 0 Å². The molecule has 2 N–H and O–H groups in total. The number of aryl methyl sites for hydroxylation is 1. The lowest BCUT2D eigenvalue weighted by molar-refractivity contribution is 0.541. The smallest absolute Gasteiger partial charge is 0.0485 e. The first-order valence-electron chi connectivity index (χ1n) is 6.20. The summed E-state index contributed by atoms with van der Waals surface area (Å²) in [5.41, 5.74) is 10.2. The van der Waals surface area contributed by atoms with Gasteiger partial charge in [0.2, 0.25) is 0 Å². The zero-order chi connectivity index (χ0) is 12.5. The van der Waals surface area contributed by atoms with Crippen molar-refractivity contribution in [2.45, 2.75) is 24.8 Å². The molecule has 0 bridgehead atoms. The van der Waals surface area contributed by atoms with Crippen LogP contribution in [0.25, 0.3) is 0 Å². The summed E-state index contributed by atoms with van der Waals surface area (Å²) >= 11 is 2.33. The monoisotopic (exact) mass is 350 g/mol. The van der Waals surface area contributed by atoms with Crippen LogP contribution < -0.4 is 5.73 Å². The summed E-state index contributed by atoms with van der Waals surface area (Å²) < 4.78 is 1.24. The van der Waals surface area contributed by atoms with Crippen LogP contribution in [-0.4, -0.2) is 4.98 Å². The predicted molar refractivity (Wildman–Crippen MR) is 81.4 cm³/mol. The van der Waals surface area contributed by atoms with Crippen molar-refractivity contribution in [1.82, 2.24) is 4.98 Å². The van der Waals surface area contributed by atoms with Crippen molar-refractivity contribution in [1.29, 1.82) is 0 Å². The molecule has 2 aromatic rings. The second kappa shape index (κ2) is 4.97. The first-order chi connectivity index (χ1) is 8.75. The highest BCUT2D eigenvalue weighted by atomic mass is 127. The molecule has 0 fully saturated rings. The minimum atomic E-state index is 0.0517. The quantitative estimate of drug-likeness (QED) is 0.843. The van der Waals surface area contributed by atoms with Crippen LogP contribution in [0.5, 0.6) is 0 Å². The minimum Gasteiger partial charge on any atom is -0.323 e. The molecule has 1 aliphatic carbocycles. The lowest BCUT2D eigenvalue weighted by Gasteiger charge is -2.20. The maximum Gasteiger partial charge on any atom is 0.0485 e. The van der Waals surface area contributed by atoms with Gasteiger partial charge < -0.3 is 5.73 Å². The van der Waals surface area contributed by atoms with E-state index < -0.39 is 0 Å². The molecule has 0 aliphatic heterocycles. The van der Waals surface area contributed by atoms with Gasteiger partial charge in [-0.25, -0.2) is 0 Å². The van der Waals surface area contributed by atoms with Gasteiger partial charge in [0, 0.05) is 27.4 Å². The molecule has 0 saturated heterocycles. The van der Waals surface area contributed by atoms with Gasteiger partial charge in [-0.3, -0.25) is 4.98 Å². The zero-order valence-electron chi connectivity index (χ0n) is 10.0. The fraction of sp³-hybridized carbons (Fsp3) is 0.267. The van der Waals surface area contributed by atoms with Crippen molar-refractivity contribution in [2.75, 3.05) is 0 Å². The molecule has 0 spiro atoms. The van der Waals surface area contributed by atoms with E-state index in [1.807, 2.05) is 12.3 Å². The van der Waals surface area contributed by atoms with Gasteiger partial charge in [0.15, 0.2) is 0 Å². The third-order valence-corrected chi connectivity index (χ3v) is 4.34. The van der Waals surface area contributed by atoms with Gasteiger partial charge in [0.25, 0.3) is 0 Å². The van der Waals surface area contributed by atoms with E-state index in [1.165, 1.54) is 20.4 Å². The fourth-order valence-electron chi connectivity index (χ4n) is 2.74. The van der Waals surface area contributed by atoms with Gasteiger partial charge in [-0.15, -0.1) is 0 Å². The highest BCUT2D eigenvalue weighted by molar-refractivity contribution is 14.1. The normalized spacial score (nSPS) is 19.6. The number of hydrogen-bond donors (Lipinski definition) is 1. The number of hydrogen-bond acceptors (Lipinski definition) is 2. The van der Waals surface area contributed by atoms with Crippen molar-refractivity contribution in [3.8, 4) is 0 Å². The number of pyridine rings is 1. The second-order valence-electron chi connectivity index (χ2n) is 4.77. The highest BCUT2D eigenvalue weighted by Crippen LogP contribution is 2.39. The number of nitrogens with two attached hydrogens (primary N) is 1. The lowest BCUT2D eigenvalue weighted by atomic mass is 9.92. The van der Waals surface area contributed by atoms with Gasteiger partial charge in [-0.05, 0) is 64.8 Å². The maximum absolute atomic E-state index is 6.44. The van der Waals surface area contributed by atoms with Crippen LogP contribution in [0.4, 0.5) is 0 Å². The molecule has 2 atom stereocenters. The third kappa shape index (κ3) is 2.17. The van der Waals surface area contributed by atoms with Crippen LogP contribution in [0.2, 0.25) is 0 Å². The number of halogens is 1. The van der Waals surface area contributed by atoms with E-state index in [1.54, 1.807) is 0 Å². The van der Waals surface area contributed by atoms with Gasteiger partial charge in [-0.1, -0.05) is 18.2 Å². The Bertz CT molecular complexity index is 568. The summed E-state index contributed by atoms with van der Waals surface area (Å²) in [6.45, 7) is 0. The topological polar surface area (TPSA) is 38.9 Å². The minimum absolute atomic E-state index is 0.0517. The molecule has 2 nitrogen and oxygen atoms in total. The number of benzene rings is 1. The van der Waals surface area contributed by atoms with E-state index in [9.17, 15) is 0 Å². The van der Waals surface area contributed by atoms with Gasteiger partial charge in [0.05, 0.1) is 0 Å². The van der Waals surface area contributed by atoms with Crippen LogP contribution in [0, 0.1) is 3.57 Å². The Balaban J connectivity index is 1.93. The van der Waals surface area contributed by atoms with Crippen LogP contribution >= 0.6 is 22.6 Å². The molecular formula is C15H15IN2. The first kappa shape index (κ1) is 12.1. The molecule has 1 heterocycles. The third-order valence-electron chi connectivity index (χ3n) is 3.67. The van der Waals surface area contributed by atoms with Crippen LogP contribution in [-0.2, 0) is 6.42 Å². The molecule has 18 heavy (non-hydrogen) atoms. The molecule has 1 aliphatic rings.